The first-order chi connectivity index (χ1) is 6.64. The van der Waals surface area contributed by atoms with Crippen LogP contribution in [0.1, 0.15) is 5.56 Å². The normalized spacial score (nSPS) is 11.5. The first-order valence-electron chi connectivity index (χ1n) is 4.26. The van der Waals surface area contributed by atoms with Gasteiger partial charge in [-0.3, -0.25) is 0 Å². The van der Waals surface area contributed by atoms with Crippen molar-refractivity contribution < 1.29 is 13.5 Å². The average molecular weight is 215 g/mol. The van der Waals surface area contributed by atoms with Crippen LogP contribution in [0.4, 0.5) is 0 Å². The van der Waals surface area contributed by atoms with Crippen LogP contribution in [0.3, 0.4) is 0 Å². The van der Waals surface area contributed by atoms with E-state index in [9.17, 15) is 8.42 Å². The second-order valence-electron chi connectivity index (χ2n) is 2.86. The van der Waals surface area contributed by atoms with Gasteiger partial charge in [0, 0.05) is 6.54 Å². The van der Waals surface area contributed by atoms with Gasteiger partial charge in [-0.2, -0.15) is 0 Å². The smallest absolute Gasteiger partial charge is 0.215 e. The van der Waals surface area contributed by atoms with Crippen molar-refractivity contribution in [1.82, 2.24) is 4.72 Å². The van der Waals surface area contributed by atoms with Gasteiger partial charge in [-0.25, -0.2) is 13.1 Å². The van der Waals surface area contributed by atoms with Crippen molar-refractivity contribution in [2.45, 2.75) is 5.75 Å². The molecule has 2 N–H and O–H groups in total. The second kappa shape index (κ2) is 5.09. The maximum absolute atomic E-state index is 11.3. The molecule has 0 bridgehead atoms. The molecule has 0 aromatic heterocycles. The maximum Gasteiger partial charge on any atom is 0.215 e. The Balaban J connectivity index is 2.60. The van der Waals surface area contributed by atoms with Crippen molar-refractivity contribution in [1.29, 1.82) is 0 Å². The highest BCUT2D eigenvalue weighted by Crippen LogP contribution is 2.03. The van der Waals surface area contributed by atoms with Crippen LogP contribution in [0.5, 0.6) is 0 Å². The topological polar surface area (TPSA) is 66.4 Å². The third-order valence-corrected chi connectivity index (χ3v) is 2.99. The monoisotopic (exact) mass is 215 g/mol. The molecule has 0 spiro atoms. The zero-order valence-corrected chi connectivity index (χ0v) is 8.50. The summed E-state index contributed by atoms with van der Waals surface area (Å²) in [5.74, 6) is -0.0478. The third kappa shape index (κ3) is 3.87. The van der Waals surface area contributed by atoms with E-state index < -0.39 is 10.0 Å². The highest BCUT2D eigenvalue weighted by atomic mass is 32.2. The van der Waals surface area contributed by atoms with Gasteiger partial charge in [0.15, 0.2) is 0 Å². The molecule has 0 aliphatic rings. The molecule has 0 heterocycles. The first-order valence-corrected chi connectivity index (χ1v) is 5.91. The third-order valence-electron chi connectivity index (χ3n) is 1.63. The van der Waals surface area contributed by atoms with Gasteiger partial charge in [0.05, 0.1) is 12.4 Å². The largest absolute Gasteiger partial charge is 0.395 e. The lowest BCUT2D eigenvalue weighted by atomic mass is 10.2. The molecule has 0 amide bonds. The van der Waals surface area contributed by atoms with Gasteiger partial charge in [0.1, 0.15) is 0 Å². The Hall–Kier alpha value is -0.910. The SMILES string of the molecule is O=S(=O)(Cc1ccccc1)NCCO. The Morgan fingerprint density at radius 3 is 2.43 bits per heavy atom. The quantitative estimate of drug-likeness (QED) is 0.732. The molecule has 4 nitrogen and oxygen atoms in total. The summed E-state index contributed by atoms with van der Waals surface area (Å²) in [6, 6.07) is 8.90. The molecule has 0 radical (unpaired) electrons. The van der Waals surface area contributed by atoms with E-state index in [2.05, 4.69) is 4.72 Å². The van der Waals surface area contributed by atoms with E-state index in [1.54, 1.807) is 24.3 Å². The zero-order valence-electron chi connectivity index (χ0n) is 7.68. The number of benzene rings is 1. The van der Waals surface area contributed by atoms with Gasteiger partial charge in [0.2, 0.25) is 10.0 Å². The molecular formula is C9H13NO3S. The number of sulfonamides is 1. The number of nitrogens with one attached hydrogen (secondary N) is 1. The van der Waals surface area contributed by atoms with Crippen LogP contribution < -0.4 is 4.72 Å². The van der Waals surface area contributed by atoms with Crippen LogP contribution in [0.2, 0.25) is 0 Å². The van der Waals surface area contributed by atoms with Gasteiger partial charge in [-0.05, 0) is 5.56 Å². The standard InChI is InChI=1S/C9H13NO3S/c11-7-6-10-14(12,13)8-9-4-2-1-3-5-9/h1-5,10-11H,6-8H2. The van der Waals surface area contributed by atoms with Crippen molar-refractivity contribution in [3.63, 3.8) is 0 Å². The highest BCUT2D eigenvalue weighted by Gasteiger charge is 2.09. The molecule has 78 valence electrons. The van der Waals surface area contributed by atoms with E-state index in [-0.39, 0.29) is 18.9 Å². The van der Waals surface area contributed by atoms with Crippen molar-refractivity contribution in [3.05, 3.63) is 35.9 Å². The summed E-state index contributed by atoms with van der Waals surface area (Å²) in [6.07, 6.45) is 0. The molecule has 14 heavy (non-hydrogen) atoms. The minimum atomic E-state index is -3.31. The molecule has 1 aromatic rings. The predicted molar refractivity (Wildman–Crippen MR) is 54.2 cm³/mol. The van der Waals surface area contributed by atoms with E-state index in [1.165, 1.54) is 0 Å². The summed E-state index contributed by atoms with van der Waals surface area (Å²) >= 11 is 0. The molecule has 0 atom stereocenters. The summed E-state index contributed by atoms with van der Waals surface area (Å²) in [5, 5.41) is 8.47. The Kier molecular flexibility index (Phi) is 4.06. The number of aliphatic hydroxyl groups is 1. The molecule has 1 aromatic carbocycles. The summed E-state index contributed by atoms with van der Waals surface area (Å²) < 4.78 is 25.0. The fourth-order valence-electron chi connectivity index (χ4n) is 1.05. The molecule has 0 unspecified atom stereocenters. The summed E-state index contributed by atoms with van der Waals surface area (Å²) in [4.78, 5) is 0. The summed E-state index contributed by atoms with van der Waals surface area (Å²) in [7, 11) is -3.31. The van der Waals surface area contributed by atoms with Crippen molar-refractivity contribution >= 4 is 10.0 Å². The Morgan fingerprint density at radius 2 is 1.86 bits per heavy atom. The Bertz CT molecular complexity index is 361. The van der Waals surface area contributed by atoms with Crippen LogP contribution in [0.15, 0.2) is 30.3 Å². The van der Waals surface area contributed by atoms with E-state index in [0.29, 0.717) is 0 Å². The number of rotatable bonds is 5. The van der Waals surface area contributed by atoms with E-state index in [4.69, 9.17) is 5.11 Å². The van der Waals surface area contributed by atoms with Crippen LogP contribution >= 0.6 is 0 Å². The lowest BCUT2D eigenvalue weighted by Crippen LogP contribution is -2.27. The number of hydrogen-bond donors (Lipinski definition) is 2. The van der Waals surface area contributed by atoms with Crippen LogP contribution in [0, 0.1) is 0 Å². The molecule has 0 fully saturated rings. The van der Waals surface area contributed by atoms with Crippen molar-refractivity contribution in [3.8, 4) is 0 Å². The summed E-state index contributed by atoms with van der Waals surface area (Å²) in [5.41, 5.74) is 0.734. The number of hydrogen-bond acceptors (Lipinski definition) is 3. The van der Waals surface area contributed by atoms with Crippen molar-refractivity contribution in [2.75, 3.05) is 13.2 Å². The molecule has 5 heteroatoms. The predicted octanol–water partition coefficient (Wildman–Crippen LogP) is 0.0983. The number of aliphatic hydroxyl groups excluding tert-OH is 1. The lowest BCUT2D eigenvalue weighted by Gasteiger charge is -2.04. The fourth-order valence-corrected chi connectivity index (χ4v) is 2.18. The molecule has 0 saturated heterocycles. The van der Waals surface area contributed by atoms with Crippen LogP contribution in [0.25, 0.3) is 0 Å². The van der Waals surface area contributed by atoms with Gasteiger partial charge < -0.3 is 5.11 Å². The van der Waals surface area contributed by atoms with Gasteiger partial charge >= 0.3 is 0 Å². The Morgan fingerprint density at radius 1 is 1.21 bits per heavy atom. The second-order valence-corrected chi connectivity index (χ2v) is 4.67. The minimum absolute atomic E-state index is 0.0478. The molecule has 0 saturated carbocycles. The maximum atomic E-state index is 11.3. The van der Waals surface area contributed by atoms with Gasteiger partial charge in [-0.15, -0.1) is 0 Å². The summed E-state index contributed by atoms with van der Waals surface area (Å²) in [6.45, 7) is -0.122. The van der Waals surface area contributed by atoms with Crippen LogP contribution in [-0.2, 0) is 15.8 Å². The highest BCUT2D eigenvalue weighted by molar-refractivity contribution is 7.88. The zero-order chi connectivity index (χ0) is 10.4. The molecule has 0 aliphatic carbocycles. The first kappa shape index (κ1) is 11.2. The van der Waals surface area contributed by atoms with Gasteiger partial charge in [0.25, 0.3) is 0 Å². The van der Waals surface area contributed by atoms with Crippen LogP contribution in [-0.4, -0.2) is 26.7 Å². The average Bonchev–Trinajstić information content (AvgIpc) is 2.16. The molecule has 1 rings (SSSR count). The Labute approximate surface area is 83.6 Å². The van der Waals surface area contributed by atoms with E-state index in [1.807, 2.05) is 6.07 Å². The molecular weight excluding hydrogens is 202 g/mol. The van der Waals surface area contributed by atoms with E-state index >= 15 is 0 Å². The fraction of sp³-hybridized carbons (Fsp3) is 0.333. The minimum Gasteiger partial charge on any atom is -0.395 e. The molecule has 0 aliphatic heterocycles. The van der Waals surface area contributed by atoms with E-state index in [0.717, 1.165) is 5.56 Å². The lowest BCUT2D eigenvalue weighted by molar-refractivity contribution is 0.301. The van der Waals surface area contributed by atoms with Gasteiger partial charge in [-0.1, -0.05) is 30.3 Å². The van der Waals surface area contributed by atoms with Crippen molar-refractivity contribution in [2.24, 2.45) is 0 Å².